The fourth-order valence-corrected chi connectivity index (χ4v) is 5.69. The molecule has 3 rings (SSSR count). The lowest BCUT2D eigenvalue weighted by molar-refractivity contribution is 0.0917. The van der Waals surface area contributed by atoms with E-state index in [9.17, 15) is 8.42 Å². The van der Waals surface area contributed by atoms with Crippen LogP contribution in [0.4, 0.5) is 0 Å². The van der Waals surface area contributed by atoms with Crippen molar-refractivity contribution in [2.24, 2.45) is 0 Å². The highest BCUT2D eigenvalue weighted by molar-refractivity contribution is 7.92. The molecule has 0 bridgehead atoms. The van der Waals surface area contributed by atoms with Crippen LogP contribution in [0.25, 0.3) is 0 Å². The van der Waals surface area contributed by atoms with Crippen molar-refractivity contribution >= 4 is 9.84 Å². The van der Waals surface area contributed by atoms with Crippen LogP contribution in [-0.2, 0) is 14.6 Å². The largest absolute Gasteiger partial charge is 0.378 e. The maximum atomic E-state index is 13.3. The highest BCUT2D eigenvalue weighted by Crippen LogP contribution is 2.43. The van der Waals surface area contributed by atoms with Crippen LogP contribution in [0.1, 0.15) is 45.4 Å². The van der Waals surface area contributed by atoms with Crippen LogP contribution in [0, 0.1) is 0 Å². The molecule has 120 valence electrons. The Labute approximate surface area is 133 Å². The zero-order chi connectivity index (χ0) is 15.6. The molecule has 0 aromatic heterocycles. The van der Waals surface area contributed by atoms with E-state index in [1.165, 1.54) is 5.57 Å². The van der Waals surface area contributed by atoms with Crippen LogP contribution in [-0.4, -0.2) is 25.9 Å². The van der Waals surface area contributed by atoms with Gasteiger partial charge in [0.25, 0.3) is 0 Å². The van der Waals surface area contributed by atoms with Crippen LogP contribution < -0.4 is 0 Å². The van der Waals surface area contributed by atoms with Crippen LogP contribution in [0.3, 0.4) is 0 Å². The number of hydrogen-bond donors (Lipinski definition) is 0. The molecule has 1 fully saturated rings. The van der Waals surface area contributed by atoms with Gasteiger partial charge in [-0.15, -0.1) is 0 Å². The maximum Gasteiger partial charge on any atom is 0.184 e. The predicted octanol–water partition coefficient (Wildman–Crippen LogP) is 3.90. The number of hydrogen-bond acceptors (Lipinski definition) is 3. The third kappa shape index (κ3) is 2.86. The molecule has 2 aliphatic rings. The van der Waals surface area contributed by atoms with Crippen LogP contribution in [0.15, 0.2) is 46.9 Å². The first-order valence-electron chi connectivity index (χ1n) is 8.10. The summed E-state index contributed by atoms with van der Waals surface area (Å²) in [6.45, 7) is 2.85. The van der Waals surface area contributed by atoms with Crippen molar-refractivity contribution in [2.45, 2.75) is 61.2 Å². The number of allylic oxidation sites excluding steroid dienone is 2. The molecule has 0 amide bonds. The van der Waals surface area contributed by atoms with E-state index in [1.54, 1.807) is 24.3 Å². The number of benzene rings is 1. The van der Waals surface area contributed by atoms with Crippen molar-refractivity contribution in [2.75, 3.05) is 6.61 Å². The SMILES string of the molecule is CC1=CC[C@](C[C@@H]2CCCO2)(S(=O)(=O)c2ccccc2)CC1. The molecular formula is C18H24O3S. The van der Waals surface area contributed by atoms with Crippen LogP contribution >= 0.6 is 0 Å². The molecule has 1 aliphatic carbocycles. The zero-order valence-corrected chi connectivity index (χ0v) is 13.9. The van der Waals surface area contributed by atoms with Gasteiger partial charge in [-0.1, -0.05) is 29.8 Å². The van der Waals surface area contributed by atoms with Crippen LogP contribution in [0.2, 0.25) is 0 Å². The van der Waals surface area contributed by atoms with Gasteiger partial charge in [0.1, 0.15) is 0 Å². The third-order valence-corrected chi connectivity index (χ3v) is 7.62. The molecule has 1 aliphatic heterocycles. The van der Waals surface area contributed by atoms with Crippen molar-refractivity contribution in [3.63, 3.8) is 0 Å². The van der Waals surface area contributed by atoms with Gasteiger partial charge in [0.2, 0.25) is 0 Å². The topological polar surface area (TPSA) is 43.4 Å². The molecule has 1 saturated heterocycles. The molecule has 4 heteroatoms. The quantitative estimate of drug-likeness (QED) is 0.790. The molecule has 0 spiro atoms. The summed E-state index contributed by atoms with van der Waals surface area (Å²) in [6.07, 6.45) is 7.01. The smallest absolute Gasteiger partial charge is 0.184 e. The highest BCUT2D eigenvalue weighted by Gasteiger charge is 2.46. The first kappa shape index (κ1) is 15.8. The molecule has 0 N–H and O–H groups in total. The van der Waals surface area contributed by atoms with Gasteiger partial charge in [0.15, 0.2) is 9.84 Å². The van der Waals surface area contributed by atoms with Crippen molar-refractivity contribution in [1.82, 2.24) is 0 Å². The van der Waals surface area contributed by atoms with E-state index in [0.29, 0.717) is 24.2 Å². The Morgan fingerprint density at radius 3 is 2.64 bits per heavy atom. The molecule has 1 aromatic rings. The Hall–Kier alpha value is -1.13. The summed E-state index contributed by atoms with van der Waals surface area (Å²) in [6, 6.07) is 8.90. The van der Waals surface area contributed by atoms with Gasteiger partial charge in [0.05, 0.1) is 15.7 Å². The molecule has 0 unspecified atom stereocenters. The number of rotatable bonds is 4. The standard InChI is InChI=1S/C18H24O3S/c1-15-9-11-18(12-10-15,14-16-6-5-13-21-16)22(19,20)17-7-3-2-4-8-17/h2-4,7-9,16H,5-6,10-14H2,1H3/t16-,18-/m0/s1. The Morgan fingerprint density at radius 1 is 1.27 bits per heavy atom. The summed E-state index contributed by atoms with van der Waals surface area (Å²) in [5.41, 5.74) is 1.30. The van der Waals surface area contributed by atoms with Gasteiger partial charge in [-0.05, 0) is 57.6 Å². The summed E-state index contributed by atoms with van der Waals surface area (Å²) < 4.78 is 31.7. The van der Waals surface area contributed by atoms with Gasteiger partial charge in [-0.2, -0.15) is 0 Å². The summed E-state index contributed by atoms with van der Waals surface area (Å²) in [7, 11) is -3.36. The van der Waals surface area contributed by atoms with Gasteiger partial charge in [-0.3, -0.25) is 0 Å². The Balaban J connectivity index is 1.98. The average molecular weight is 320 g/mol. The fourth-order valence-electron chi connectivity index (χ4n) is 3.60. The number of sulfone groups is 1. The van der Waals surface area contributed by atoms with Gasteiger partial charge in [0, 0.05) is 6.61 Å². The van der Waals surface area contributed by atoms with E-state index in [1.807, 2.05) is 6.07 Å². The second kappa shape index (κ2) is 6.17. The van der Waals surface area contributed by atoms with E-state index in [0.717, 1.165) is 25.9 Å². The molecule has 0 saturated carbocycles. The molecule has 0 radical (unpaired) electrons. The first-order chi connectivity index (χ1) is 10.5. The zero-order valence-electron chi connectivity index (χ0n) is 13.1. The molecule has 22 heavy (non-hydrogen) atoms. The highest BCUT2D eigenvalue weighted by atomic mass is 32.2. The Morgan fingerprint density at radius 2 is 2.05 bits per heavy atom. The Bertz CT molecular complexity index is 642. The van der Waals surface area contributed by atoms with E-state index < -0.39 is 14.6 Å². The lowest BCUT2D eigenvalue weighted by Gasteiger charge is -2.37. The lowest BCUT2D eigenvalue weighted by Crippen LogP contribution is -2.43. The summed E-state index contributed by atoms with van der Waals surface area (Å²) in [4.78, 5) is 0.445. The monoisotopic (exact) mass is 320 g/mol. The van der Waals surface area contributed by atoms with E-state index in [2.05, 4.69) is 13.0 Å². The molecular weight excluding hydrogens is 296 g/mol. The maximum absolute atomic E-state index is 13.3. The fraction of sp³-hybridized carbons (Fsp3) is 0.556. The lowest BCUT2D eigenvalue weighted by atomic mass is 9.85. The summed E-state index contributed by atoms with van der Waals surface area (Å²) >= 11 is 0. The third-order valence-electron chi connectivity index (χ3n) is 5.04. The Kier molecular flexibility index (Phi) is 4.42. The minimum absolute atomic E-state index is 0.0882. The molecule has 2 atom stereocenters. The average Bonchev–Trinajstić information content (AvgIpc) is 3.03. The van der Waals surface area contributed by atoms with E-state index >= 15 is 0 Å². The molecule has 1 heterocycles. The van der Waals surface area contributed by atoms with E-state index in [-0.39, 0.29) is 6.10 Å². The van der Waals surface area contributed by atoms with Crippen molar-refractivity contribution in [1.29, 1.82) is 0 Å². The van der Waals surface area contributed by atoms with Crippen molar-refractivity contribution < 1.29 is 13.2 Å². The van der Waals surface area contributed by atoms with Gasteiger partial charge < -0.3 is 4.74 Å². The second-order valence-corrected chi connectivity index (χ2v) is 8.94. The minimum Gasteiger partial charge on any atom is -0.378 e. The number of ether oxygens (including phenoxy) is 1. The summed E-state index contributed by atoms with van der Waals surface area (Å²) in [5.74, 6) is 0. The van der Waals surface area contributed by atoms with Gasteiger partial charge >= 0.3 is 0 Å². The van der Waals surface area contributed by atoms with Crippen LogP contribution in [0.5, 0.6) is 0 Å². The van der Waals surface area contributed by atoms with Crippen molar-refractivity contribution in [3.8, 4) is 0 Å². The first-order valence-corrected chi connectivity index (χ1v) is 9.59. The molecule has 3 nitrogen and oxygen atoms in total. The van der Waals surface area contributed by atoms with Gasteiger partial charge in [-0.25, -0.2) is 8.42 Å². The normalized spacial score (nSPS) is 29.3. The minimum atomic E-state index is -3.36. The predicted molar refractivity (Wildman–Crippen MR) is 87.6 cm³/mol. The van der Waals surface area contributed by atoms with E-state index in [4.69, 9.17) is 4.74 Å². The second-order valence-electron chi connectivity index (χ2n) is 6.59. The summed E-state index contributed by atoms with van der Waals surface area (Å²) in [5, 5.41) is 0. The van der Waals surface area contributed by atoms with Crippen molar-refractivity contribution in [3.05, 3.63) is 42.0 Å². The molecule has 1 aromatic carbocycles.